The highest BCUT2D eigenvalue weighted by atomic mass is 35.5. The van der Waals surface area contributed by atoms with Gasteiger partial charge in [0.15, 0.2) is 0 Å². The summed E-state index contributed by atoms with van der Waals surface area (Å²) in [5.41, 5.74) is 6.36. The fourth-order valence-electron chi connectivity index (χ4n) is 3.44. The lowest BCUT2D eigenvalue weighted by atomic mass is 9.78. The number of nitrogens with two attached hydrogens (primary N) is 1. The summed E-state index contributed by atoms with van der Waals surface area (Å²) in [6.07, 6.45) is 3.20. The molecule has 2 fully saturated rings. The zero-order valence-corrected chi connectivity index (χ0v) is 14.0. The van der Waals surface area contributed by atoms with Gasteiger partial charge < -0.3 is 20.7 Å². The summed E-state index contributed by atoms with van der Waals surface area (Å²) in [6, 6.07) is 7.73. The van der Waals surface area contributed by atoms with Crippen LogP contribution in [0, 0.1) is 0 Å². The molecule has 0 spiro atoms. The van der Waals surface area contributed by atoms with E-state index in [2.05, 4.69) is 5.32 Å². The van der Waals surface area contributed by atoms with E-state index in [1.54, 1.807) is 0 Å². The maximum absolute atomic E-state index is 13.2. The molecule has 3 N–H and O–H groups in total. The van der Waals surface area contributed by atoms with Crippen molar-refractivity contribution in [2.45, 2.75) is 37.3 Å². The topological polar surface area (TPSA) is 67.6 Å². The predicted octanol–water partition coefficient (Wildman–Crippen LogP) is 2.25. The van der Waals surface area contributed by atoms with E-state index in [0.29, 0.717) is 31.3 Å². The lowest BCUT2D eigenvalue weighted by Gasteiger charge is -2.43. The Morgan fingerprint density at radius 2 is 2.00 bits per heavy atom. The molecule has 0 bridgehead atoms. The highest BCUT2D eigenvalue weighted by Crippen LogP contribution is 2.34. The largest absolute Gasteiger partial charge is 0.378 e. The Kier molecular flexibility index (Phi) is 5.09. The monoisotopic (exact) mass is 337 g/mol. The van der Waals surface area contributed by atoms with Gasteiger partial charge in [0.25, 0.3) is 0 Å². The number of halogens is 1. The summed E-state index contributed by atoms with van der Waals surface area (Å²) in [7, 11) is 0. The Morgan fingerprint density at radius 1 is 1.30 bits per heavy atom. The van der Waals surface area contributed by atoms with Gasteiger partial charge in [-0.1, -0.05) is 17.7 Å². The van der Waals surface area contributed by atoms with Gasteiger partial charge in [0.05, 0.1) is 13.2 Å². The Hall–Kier alpha value is -1.30. The molecule has 0 atom stereocenters. The maximum atomic E-state index is 13.2. The Balaban J connectivity index is 1.83. The third kappa shape index (κ3) is 3.79. The molecular formula is C17H24ClN3O2. The zero-order chi connectivity index (χ0) is 16.3. The van der Waals surface area contributed by atoms with Gasteiger partial charge in [-0.05, 0) is 43.9 Å². The average molecular weight is 338 g/mol. The van der Waals surface area contributed by atoms with Gasteiger partial charge in [0.2, 0.25) is 5.91 Å². The molecular weight excluding hydrogens is 314 g/mol. The third-order valence-electron chi connectivity index (χ3n) is 4.80. The SMILES string of the molecule is NC1CCC(Nc2cccc(Cl)c2)(C(=O)N2CCOCC2)CC1. The van der Waals surface area contributed by atoms with E-state index in [-0.39, 0.29) is 11.9 Å². The molecule has 2 aliphatic rings. The Labute approximate surface area is 142 Å². The summed E-state index contributed by atoms with van der Waals surface area (Å²) in [6.45, 7) is 2.53. The van der Waals surface area contributed by atoms with E-state index in [1.807, 2.05) is 29.2 Å². The van der Waals surface area contributed by atoms with Crippen LogP contribution < -0.4 is 11.1 Å². The molecule has 23 heavy (non-hydrogen) atoms. The van der Waals surface area contributed by atoms with E-state index in [1.165, 1.54) is 0 Å². The van der Waals surface area contributed by atoms with Crippen molar-refractivity contribution in [2.24, 2.45) is 5.73 Å². The Bertz CT molecular complexity index is 553. The van der Waals surface area contributed by atoms with Crippen LogP contribution in [-0.4, -0.2) is 48.7 Å². The molecule has 1 saturated carbocycles. The maximum Gasteiger partial charge on any atom is 0.248 e. The van der Waals surface area contributed by atoms with Crippen molar-refractivity contribution in [3.63, 3.8) is 0 Å². The molecule has 0 radical (unpaired) electrons. The first-order valence-corrected chi connectivity index (χ1v) is 8.63. The smallest absolute Gasteiger partial charge is 0.248 e. The summed E-state index contributed by atoms with van der Waals surface area (Å²) < 4.78 is 5.37. The van der Waals surface area contributed by atoms with Crippen LogP contribution >= 0.6 is 11.6 Å². The van der Waals surface area contributed by atoms with Crippen molar-refractivity contribution < 1.29 is 9.53 Å². The van der Waals surface area contributed by atoms with E-state index in [4.69, 9.17) is 22.1 Å². The van der Waals surface area contributed by atoms with Crippen LogP contribution in [0.4, 0.5) is 5.69 Å². The van der Waals surface area contributed by atoms with Crippen LogP contribution in [0.2, 0.25) is 5.02 Å². The second kappa shape index (κ2) is 7.07. The van der Waals surface area contributed by atoms with E-state index < -0.39 is 5.54 Å². The number of ether oxygens (including phenoxy) is 1. The first-order valence-electron chi connectivity index (χ1n) is 8.25. The van der Waals surface area contributed by atoms with Crippen molar-refractivity contribution in [2.75, 3.05) is 31.6 Å². The van der Waals surface area contributed by atoms with Crippen molar-refractivity contribution >= 4 is 23.2 Å². The second-order valence-corrected chi connectivity index (χ2v) is 6.90. The highest BCUT2D eigenvalue weighted by Gasteiger charge is 2.43. The molecule has 1 heterocycles. The summed E-state index contributed by atoms with van der Waals surface area (Å²) in [5, 5.41) is 4.14. The van der Waals surface area contributed by atoms with Gasteiger partial charge in [-0.25, -0.2) is 0 Å². The minimum Gasteiger partial charge on any atom is -0.378 e. The first kappa shape index (κ1) is 16.6. The number of carbonyl (C=O) groups excluding carboxylic acids is 1. The molecule has 1 aliphatic carbocycles. The number of amides is 1. The fraction of sp³-hybridized carbons (Fsp3) is 0.588. The number of carbonyl (C=O) groups is 1. The van der Waals surface area contributed by atoms with Crippen LogP contribution in [0.1, 0.15) is 25.7 Å². The van der Waals surface area contributed by atoms with E-state index >= 15 is 0 Å². The number of hydrogen-bond acceptors (Lipinski definition) is 4. The molecule has 6 heteroatoms. The van der Waals surface area contributed by atoms with Crippen molar-refractivity contribution in [1.82, 2.24) is 4.90 Å². The number of morpholine rings is 1. The lowest BCUT2D eigenvalue weighted by molar-refractivity contribution is -0.141. The van der Waals surface area contributed by atoms with Gasteiger partial charge in [0.1, 0.15) is 5.54 Å². The molecule has 1 amide bonds. The normalized spacial score (nSPS) is 28.4. The van der Waals surface area contributed by atoms with Crippen molar-refractivity contribution in [3.8, 4) is 0 Å². The van der Waals surface area contributed by atoms with Crippen LogP contribution in [0.5, 0.6) is 0 Å². The number of nitrogens with zero attached hydrogens (tertiary/aromatic N) is 1. The van der Waals surface area contributed by atoms with Gasteiger partial charge in [-0.3, -0.25) is 4.79 Å². The number of hydrogen-bond donors (Lipinski definition) is 2. The van der Waals surface area contributed by atoms with Crippen molar-refractivity contribution in [1.29, 1.82) is 0 Å². The van der Waals surface area contributed by atoms with Gasteiger partial charge in [-0.15, -0.1) is 0 Å². The minimum absolute atomic E-state index is 0.160. The molecule has 5 nitrogen and oxygen atoms in total. The quantitative estimate of drug-likeness (QED) is 0.887. The number of benzene rings is 1. The zero-order valence-electron chi connectivity index (χ0n) is 13.3. The van der Waals surface area contributed by atoms with Crippen LogP contribution in [0.25, 0.3) is 0 Å². The second-order valence-electron chi connectivity index (χ2n) is 6.46. The van der Waals surface area contributed by atoms with Crippen molar-refractivity contribution in [3.05, 3.63) is 29.3 Å². The lowest BCUT2D eigenvalue weighted by Crippen LogP contribution is -2.58. The number of rotatable bonds is 3. The van der Waals surface area contributed by atoms with Gasteiger partial charge >= 0.3 is 0 Å². The van der Waals surface area contributed by atoms with E-state index in [9.17, 15) is 4.79 Å². The molecule has 1 saturated heterocycles. The van der Waals surface area contributed by atoms with Gasteiger partial charge in [0, 0.05) is 29.8 Å². The Morgan fingerprint density at radius 3 is 2.65 bits per heavy atom. The standard InChI is InChI=1S/C17H24ClN3O2/c18-13-2-1-3-15(12-13)20-17(6-4-14(19)5-7-17)16(22)21-8-10-23-11-9-21/h1-3,12,14,20H,4-11,19H2. The van der Waals surface area contributed by atoms with Crippen LogP contribution in [0.15, 0.2) is 24.3 Å². The molecule has 1 aromatic carbocycles. The summed E-state index contributed by atoms with van der Waals surface area (Å²) >= 11 is 6.09. The molecule has 126 valence electrons. The first-order chi connectivity index (χ1) is 11.1. The van der Waals surface area contributed by atoms with Gasteiger partial charge in [-0.2, -0.15) is 0 Å². The molecule has 1 aliphatic heterocycles. The van der Waals surface area contributed by atoms with Crippen LogP contribution in [-0.2, 0) is 9.53 Å². The molecule has 3 rings (SSSR count). The predicted molar refractivity (Wildman–Crippen MR) is 91.6 cm³/mol. The average Bonchev–Trinajstić information content (AvgIpc) is 2.57. The number of nitrogens with one attached hydrogen (secondary N) is 1. The van der Waals surface area contributed by atoms with E-state index in [0.717, 1.165) is 31.4 Å². The minimum atomic E-state index is -0.585. The molecule has 1 aromatic rings. The highest BCUT2D eigenvalue weighted by molar-refractivity contribution is 6.30. The number of anilines is 1. The summed E-state index contributed by atoms with van der Waals surface area (Å²) in [5.74, 6) is 0.160. The third-order valence-corrected chi connectivity index (χ3v) is 5.03. The molecule has 0 aromatic heterocycles. The summed E-state index contributed by atoms with van der Waals surface area (Å²) in [4.78, 5) is 15.1. The fourth-order valence-corrected chi connectivity index (χ4v) is 3.63. The van der Waals surface area contributed by atoms with Crippen LogP contribution in [0.3, 0.4) is 0 Å². The molecule has 0 unspecified atom stereocenters.